The van der Waals surface area contributed by atoms with Gasteiger partial charge in [0, 0.05) is 5.92 Å². The van der Waals surface area contributed by atoms with Crippen LogP contribution in [0.25, 0.3) is 0 Å². The fourth-order valence-corrected chi connectivity index (χ4v) is 1.26. The normalized spacial score (nSPS) is 16.5. The van der Waals surface area contributed by atoms with Gasteiger partial charge in [0.25, 0.3) is 0 Å². The molecule has 1 heterocycles. The molecule has 4 nitrogen and oxygen atoms in total. The van der Waals surface area contributed by atoms with Crippen LogP contribution in [0.15, 0.2) is 21.7 Å². The second kappa shape index (κ2) is 3.88. The van der Waals surface area contributed by atoms with Crippen LogP contribution in [0.1, 0.15) is 31.3 Å². The predicted octanol–water partition coefficient (Wildman–Crippen LogP) is 1.84. The zero-order valence-electron chi connectivity index (χ0n) is 8.91. The third kappa shape index (κ3) is 2.46. The van der Waals surface area contributed by atoms with Crippen molar-refractivity contribution in [2.75, 3.05) is 0 Å². The van der Waals surface area contributed by atoms with Crippen LogP contribution >= 0.6 is 0 Å². The summed E-state index contributed by atoms with van der Waals surface area (Å²) in [5.74, 6) is 1.73. The van der Waals surface area contributed by atoms with Crippen LogP contribution in [0.2, 0.25) is 0 Å². The van der Waals surface area contributed by atoms with E-state index < -0.39 is 0 Å². The number of hydrogen-bond acceptors (Lipinski definition) is 3. The van der Waals surface area contributed by atoms with Crippen molar-refractivity contribution < 1.29 is 9.21 Å². The predicted molar refractivity (Wildman–Crippen MR) is 56.5 cm³/mol. The first-order chi connectivity index (χ1) is 7.16. The lowest BCUT2D eigenvalue weighted by atomic mass is 10.3. The first-order valence-corrected chi connectivity index (χ1v) is 5.08. The number of hydrazone groups is 1. The molecule has 80 valence electrons. The second-order valence-electron chi connectivity index (χ2n) is 3.86. The molecule has 0 bridgehead atoms. The van der Waals surface area contributed by atoms with Crippen LogP contribution in [-0.2, 0) is 4.79 Å². The Balaban J connectivity index is 1.97. The Morgan fingerprint density at radius 2 is 2.27 bits per heavy atom. The van der Waals surface area contributed by atoms with Crippen LogP contribution in [-0.4, -0.2) is 11.6 Å². The van der Waals surface area contributed by atoms with Crippen molar-refractivity contribution in [3.05, 3.63) is 23.7 Å². The number of hydrogen-bond donors (Lipinski definition) is 1. The minimum absolute atomic E-state index is 0.0117. The largest absolute Gasteiger partial charge is 0.460 e. The summed E-state index contributed by atoms with van der Waals surface area (Å²) in [6, 6.07) is 3.72. The summed E-state index contributed by atoms with van der Waals surface area (Å²) in [5.41, 5.74) is 3.23. The molecule has 15 heavy (non-hydrogen) atoms. The van der Waals surface area contributed by atoms with Gasteiger partial charge in [-0.3, -0.25) is 4.79 Å². The highest BCUT2D eigenvalue weighted by atomic mass is 16.3. The molecule has 0 aromatic carbocycles. The number of amides is 1. The molecule has 1 aromatic rings. The molecule has 0 atom stereocenters. The molecular weight excluding hydrogens is 192 g/mol. The van der Waals surface area contributed by atoms with Gasteiger partial charge in [-0.1, -0.05) is 0 Å². The lowest BCUT2D eigenvalue weighted by molar-refractivity contribution is -0.122. The van der Waals surface area contributed by atoms with Crippen molar-refractivity contribution in [1.82, 2.24) is 5.43 Å². The third-order valence-electron chi connectivity index (χ3n) is 2.38. The molecule has 0 radical (unpaired) electrons. The Labute approximate surface area is 88.4 Å². The maximum Gasteiger partial charge on any atom is 0.243 e. The van der Waals surface area contributed by atoms with Crippen LogP contribution in [0.4, 0.5) is 0 Å². The van der Waals surface area contributed by atoms with Crippen LogP contribution in [0.5, 0.6) is 0 Å². The summed E-state index contributed by atoms with van der Waals surface area (Å²) >= 11 is 0. The van der Waals surface area contributed by atoms with E-state index >= 15 is 0 Å². The second-order valence-corrected chi connectivity index (χ2v) is 3.86. The number of furan rings is 1. The topological polar surface area (TPSA) is 54.6 Å². The maximum atomic E-state index is 11.3. The molecule has 1 fully saturated rings. The van der Waals surface area contributed by atoms with Gasteiger partial charge < -0.3 is 4.42 Å². The summed E-state index contributed by atoms with van der Waals surface area (Å²) in [5, 5.41) is 3.99. The van der Waals surface area contributed by atoms with E-state index in [0.717, 1.165) is 18.6 Å². The molecule has 1 aliphatic rings. The fourth-order valence-electron chi connectivity index (χ4n) is 1.26. The third-order valence-corrected chi connectivity index (χ3v) is 2.38. The van der Waals surface area contributed by atoms with E-state index in [1.165, 1.54) is 0 Å². The number of aryl methyl sites for hydroxylation is 1. The van der Waals surface area contributed by atoms with Crippen molar-refractivity contribution in [3.63, 3.8) is 0 Å². The summed E-state index contributed by atoms with van der Waals surface area (Å²) in [6.07, 6.45) is 1.97. The van der Waals surface area contributed by atoms with Gasteiger partial charge in [-0.15, -0.1) is 0 Å². The number of nitrogens with zero attached hydrogens (tertiary/aromatic N) is 1. The van der Waals surface area contributed by atoms with E-state index in [1.807, 2.05) is 26.0 Å². The van der Waals surface area contributed by atoms with Gasteiger partial charge in [-0.25, -0.2) is 5.43 Å². The Morgan fingerprint density at radius 3 is 2.80 bits per heavy atom. The molecular formula is C11H14N2O2. The van der Waals surface area contributed by atoms with Gasteiger partial charge in [0.15, 0.2) is 0 Å². The summed E-state index contributed by atoms with van der Waals surface area (Å²) in [4.78, 5) is 11.3. The molecule has 0 spiro atoms. The smallest absolute Gasteiger partial charge is 0.243 e. The van der Waals surface area contributed by atoms with Gasteiger partial charge in [-0.05, 0) is 38.8 Å². The lowest BCUT2D eigenvalue weighted by Gasteiger charge is -1.98. The minimum Gasteiger partial charge on any atom is -0.460 e. The van der Waals surface area contributed by atoms with Crippen LogP contribution < -0.4 is 5.43 Å². The first kappa shape index (κ1) is 9.96. The number of nitrogens with one attached hydrogen (secondary N) is 1. The van der Waals surface area contributed by atoms with Crippen molar-refractivity contribution in [3.8, 4) is 0 Å². The van der Waals surface area contributed by atoms with Crippen molar-refractivity contribution in [1.29, 1.82) is 0 Å². The zero-order chi connectivity index (χ0) is 10.8. The van der Waals surface area contributed by atoms with E-state index in [2.05, 4.69) is 10.5 Å². The Kier molecular flexibility index (Phi) is 2.58. The highest BCUT2D eigenvalue weighted by molar-refractivity contribution is 5.97. The molecule has 1 N–H and O–H groups in total. The average molecular weight is 206 g/mol. The van der Waals surface area contributed by atoms with Crippen LogP contribution in [0, 0.1) is 12.8 Å². The summed E-state index contributed by atoms with van der Waals surface area (Å²) < 4.78 is 5.37. The minimum atomic E-state index is 0.0117. The quantitative estimate of drug-likeness (QED) is 0.606. The first-order valence-electron chi connectivity index (χ1n) is 5.08. The number of carbonyl (C=O) groups is 1. The maximum absolute atomic E-state index is 11.3. The van der Waals surface area contributed by atoms with E-state index in [4.69, 9.17) is 4.42 Å². The van der Waals surface area contributed by atoms with Gasteiger partial charge in [0.2, 0.25) is 5.91 Å². The lowest BCUT2D eigenvalue weighted by Crippen LogP contribution is -2.20. The monoisotopic (exact) mass is 206 g/mol. The molecule has 0 saturated heterocycles. The molecule has 2 rings (SSSR count). The molecule has 1 aliphatic carbocycles. The van der Waals surface area contributed by atoms with E-state index in [9.17, 15) is 4.79 Å². The summed E-state index contributed by atoms with van der Waals surface area (Å²) in [7, 11) is 0. The van der Waals surface area contributed by atoms with Crippen molar-refractivity contribution >= 4 is 11.6 Å². The molecule has 1 amide bonds. The average Bonchev–Trinajstić information content (AvgIpc) is 2.97. The zero-order valence-corrected chi connectivity index (χ0v) is 8.91. The van der Waals surface area contributed by atoms with Gasteiger partial charge in [0.1, 0.15) is 17.2 Å². The Hall–Kier alpha value is -1.58. The fraction of sp³-hybridized carbons (Fsp3) is 0.455. The molecule has 0 aliphatic heterocycles. The summed E-state index contributed by atoms with van der Waals surface area (Å²) in [6.45, 7) is 3.69. The standard InChI is InChI=1S/C11H14N2O2/c1-7-3-6-10(15-7)8(2)12-13-11(14)9-4-5-9/h3,6,9H,4-5H2,1-2H3,(H,13,14)/b12-8+. The van der Waals surface area contributed by atoms with Crippen molar-refractivity contribution in [2.45, 2.75) is 26.7 Å². The van der Waals surface area contributed by atoms with Gasteiger partial charge >= 0.3 is 0 Å². The van der Waals surface area contributed by atoms with E-state index in [1.54, 1.807) is 0 Å². The van der Waals surface area contributed by atoms with Gasteiger partial charge in [-0.2, -0.15) is 5.10 Å². The van der Waals surface area contributed by atoms with Gasteiger partial charge in [0.05, 0.1) is 0 Å². The molecule has 4 heteroatoms. The highest BCUT2D eigenvalue weighted by Gasteiger charge is 2.29. The Morgan fingerprint density at radius 1 is 1.53 bits per heavy atom. The molecule has 1 aromatic heterocycles. The SMILES string of the molecule is C/C(=N\NC(=O)C1CC1)c1ccc(C)o1. The van der Waals surface area contributed by atoms with Crippen LogP contribution in [0.3, 0.4) is 0 Å². The Bertz CT molecular complexity index is 402. The number of rotatable bonds is 3. The van der Waals surface area contributed by atoms with E-state index in [-0.39, 0.29) is 11.8 Å². The number of carbonyl (C=O) groups excluding carboxylic acids is 1. The molecule has 0 unspecified atom stereocenters. The van der Waals surface area contributed by atoms with E-state index in [0.29, 0.717) is 11.5 Å². The van der Waals surface area contributed by atoms with Crippen molar-refractivity contribution in [2.24, 2.45) is 11.0 Å². The molecule has 1 saturated carbocycles. The highest BCUT2D eigenvalue weighted by Crippen LogP contribution is 2.28.